The van der Waals surface area contributed by atoms with Crippen molar-refractivity contribution in [2.45, 2.75) is 25.8 Å². The van der Waals surface area contributed by atoms with Crippen LogP contribution in [0.5, 0.6) is 5.75 Å². The third kappa shape index (κ3) is 4.03. The molecule has 0 spiro atoms. The van der Waals surface area contributed by atoms with Crippen LogP contribution in [0.1, 0.15) is 29.4 Å². The number of hydrogen-bond acceptors (Lipinski definition) is 4. The van der Waals surface area contributed by atoms with Gasteiger partial charge in [-0.15, -0.1) is 0 Å². The largest absolute Gasteiger partial charge is 0.492 e. The van der Waals surface area contributed by atoms with Gasteiger partial charge in [-0.3, -0.25) is 9.97 Å². The van der Waals surface area contributed by atoms with E-state index in [1.807, 2.05) is 25.1 Å². The molecular formula is C17H19BrN4O2. The van der Waals surface area contributed by atoms with Gasteiger partial charge in [-0.2, -0.15) is 0 Å². The molecule has 24 heavy (non-hydrogen) atoms. The topological polar surface area (TPSA) is 76.1 Å². The lowest BCUT2D eigenvalue weighted by Gasteiger charge is -2.27. The van der Waals surface area contributed by atoms with Crippen LogP contribution in [0.25, 0.3) is 0 Å². The fraction of sp³-hybridized carbons (Fsp3) is 0.353. The van der Waals surface area contributed by atoms with Gasteiger partial charge in [-0.05, 0) is 28.9 Å². The van der Waals surface area contributed by atoms with Gasteiger partial charge in [0.2, 0.25) is 0 Å². The Labute approximate surface area is 149 Å². The maximum atomic E-state index is 12.2. The van der Waals surface area contributed by atoms with Crippen LogP contribution in [0.2, 0.25) is 0 Å². The van der Waals surface area contributed by atoms with Crippen LogP contribution in [0, 0.1) is 6.92 Å². The third-order valence-corrected chi connectivity index (χ3v) is 4.43. The van der Waals surface area contributed by atoms with Crippen LogP contribution in [-0.4, -0.2) is 29.2 Å². The van der Waals surface area contributed by atoms with E-state index in [-0.39, 0.29) is 12.1 Å². The Morgan fingerprint density at radius 3 is 3.12 bits per heavy atom. The van der Waals surface area contributed by atoms with Crippen molar-refractivity contribution in [2.75, 3.05) is 13.2 Å². The number of halogens is 1. The minimum atomic E-state index is -0.187. The van der Waals surface area contributed by atoms with E-state index in [9.17, 15) is 4.79 Å². The first-order valence-electron chi connectivity index (χ1n) is 7.86. The second-order valence-corrected chi connectivity index (χ2v) is 6.50. The van der Waals surface area contributed by atoms with E-state index in [4.69, 9.17) is 4.74 Å². The Kier molecular flexibility index (Phi) is 5.30. The molecule has 0 aliphatic carbocycles. The molecule has 2 aromatic rings. The van der Waals surface area contributed by atoms with E-state index < -0.39 is 0 Å². The van der Waals surface area contributed by atoms with Crippen LogP contribution in [0.3, 0.4) is 0 Å². The van der Waals surface area contributed by atoms with Crippen LogP contribution >= 0.6 is 15.9 Å². The maximum absolute atomic E-state index is 12.2. The van der Waals surface area contributed by atoms with Gasteiger partial charge in [-0.25, -0.2) is 4.79 Å². The summed E-state index contributed by atoms with van der Waals surface area (Å²) in [4.78, 5) is 20.6. The van der Waals surface area contributed by atoms with Crippen LogP contribution in [0.15, 0.2) is 35.1 Å². The molecule has 1 aliphatic heterocycles. The quantitative estimate of drug-likeness (QED) is 0.841. The lowest BCUT2D eigenvalue weighted by Crippen LogP contribution is -2.40. The number of benzene rings is 1. The monoisotopic (exact) mass is 390 g/mol. The molecule has 1 unspecified atom stereocenters. The summed E-state index contributed by atoms with van der Waals surface area (Å²) in [6.07, 6.45) is 4.83. The summed E-state index contributed by atoms with van der Waals surface area (Å²) in [6, 6.07) is 5.62. The zero-order valence-corrected chi connectivity index (χ0v) is 15.0. The Balaban J connectivity index is 1.54. The molecule has 1 aromatic heterocycles. The molecule has 0 saturated carbocycles. The van der Waals surface area contributed by atoms with Gasteiger partial charge < -0.3 is 15.4 Å². The number of amides is 2. The van der Waals surface area contributed by atoms with Crippen molar-refractivity contribution in [1.29, 1.82) is 0 Å². The highest BCUT2D eigenvalue weighted by atomic mass is 79.9. The Morgan fingerprint density at radius 2 is 2.29 bits per heavy atom. The highest BCUT2D eigenvalue weighted by Crippen LogP contribution is 2.37. The lowest BCUT2D eigenvalue weighted by atomic mass is 10.0. The number of carbonyl (C=O) groups is 1. The molecular weight excluding hydrogens is 372 g/mol. The number of aromatic nitrogens is 2. The summed E-state index contributed by atoms with van der Waals surface area (Å²) in [7, 11) is 0. The predicted molar refractivity (Wildman–Crippen MR) is 94.0 cm³/mol. The molecule has 2 N–H and O–H groups in total. The fourth-order valence-electron chi connectivity index (χ4n) is 2.69. The summed E-state index contributed by atoms with van der Waals surface area (Å²) in [6.45, 7) is 3.00. The average molecular weight is 391 g/mol. The molecule has 1 atom stereocenters. The van der Waals surface area contributed by atoms with E-state index in [1.54, 1.807) is 12.4 Å². The van der Waals surface area contributed by atoms with Gasteiger partial charge in [0, 0.05) is 37.3 Å². The highest BCUT2D eigenvalue weighted by Gasteiger charge is 2.24. The van der Waals surface area contributed by atoms with E-state index in [0.29, 0.717) is 19.6 Å². The molecule has 3 rings (SSSR count). The summed E-state index contributed by atoms with van der Waals surface area (Å²) < 4.78 is 6.59. The van der Waals surface area contributed by atoms with Crippen molar-refractivity contribution in [3.63, 3.8) is 0 Å². The van der Waals surface area contributed by atoms with Crippen molar-refractivity contribution >= 4 is 22.0 Å². The lowest BCUT2D eigenvalue weighted by molar-refractivity contribution is 0.223. The average Bonchev–Trinajstić information content (AvgIpc) is 2.56. The first-order chi connectivity index (χ1) is 11.6. The smallest absolute Gasteiger partial charge is 0.315 e. The summed E-state index contributed by atoms with van der Waals surface area (Å²) in [5.74, 6) is 0.809. The summed E-state index contributed by atoms with van der Waals surface area (Å²) in [5, 5.41) is 5.89. The van der Waals surface area contributed by atoms with Crippen molar-refractivity contribution < 1.29 is 9.53 Å². The number of urea groups is 1. The number of carbonyl (C=O) groups excluding carboxylic acids is 1. The molecule has 6 nitrogen and oxygen atoms in total. The van der Waals surface area contributed by atoms with Gasteiger partial charge in [-0.1, -0.05) is 12.1 Å². The standard InChI is InChI=1S/C17H19BrN4O2/c1-11-9-19-10-12(21-11)5-7-20-17(23)22-15-6-8-24-16-13(15)3-2-4-14(16)18/h2-4,9-10,15H,5-8H2,1H3,(H2,20,22,23). The molecule has 0 bridgehead atoms. The number of nitrogens with one attached hydrogen (secondary N) is 2. The molecule has 0 radical (unpaired) electrons. The van der Waals surface area contributed by atoms with Gasteiger partial charge >= 0.3 is 6.03 Å². The second kappa shape index (κ2) is 7.61. The number of aryl methyl sites for hydroxylation is 1. The molecule has 0 fully saturated rings. The Morgan fingerprint density at radius 1 is 1.42 bits per heavy atom. The molecule has 1 aliphatic rings. The SMILES string of the molecule is Cc1cncc(CCNC(=O)NC2CCOc3c(Br)cccc32)n1. The van der Waals surface area contributed by atoms with Crippen LogP contribution in [-0.2, 0) is 6.42 Å². The van der Waals surface area contributed by atoms with E-state index in [2.05, 4.69) is 36.5 Å². The minimum absolute atomic E-state index is 0.0509. The minimum Gasteiger partial charge on any atom is -0.492 e. The van der Waals surface area contributed by atoms with Gasteiger partial charge in [0.25, 0.3) is 0 Å². The number of nitrogens with zero attached hydrogens (tertiary/aromatic N) is 2. The van der Waals surface area contributed by atoms with Crippen molar-refractivity contribution in [2.24, 2.45) is 0 Å². The van der Waals surface area contributed by atoms with Gasteiger partial charge in [0.1, 0.15) is 5.75 Å². The maximum Gasteiger partial charge on any atom is 0.315 e. The first kappa shape index (κ1) is 16.7. The van der Waals surface area contributed by atoms with Crippen molar-refractivity contribution in [1.82, 2.24) is 20.6 Å². The fourth-order valence-corrected chi connectivity index (χ4v) is 3.18. The zero-order valence-electron chi connectivity index (χ0n) is 13.4. The van der Waals surface area contributed by atoms with E-state index >= 15 is 0 Å². The van der Waals surface area contributed by atoms with E-state index in [1.165, 1.54) is 0 Å². The Bertz CT molecular complexity index is 738. The number of para-hydroxylation sites is 1. The van der Waals surface area contributed by atoms with Gasteiger partial charge in [0.15, 0.2) is 0 Å². The van der Waals surface area contributed by atoms with Crippen molar-refractivity contribution in [3.05, 3.63) is 52.0 Å². The number of fused-ring (bicyclic) bond motifs is 1. The van der Waals surface area contributed by atoms with Crippen LogP contribution in [0.4, 0.5) is 4.79 Å². The number of hydrogen-bond donors (Lipinski definition) is 2. The normalized spacial score (nSPS) is 16.0. The van der Waals surface area contributed by atoms with Gasteiger partial charge in [0.05, 0.1) is 28.5 Å². The number of ether oxygens (including phenoxy) is 1. The molecule has 1 aromatic carbocycles. The predicted octanol–water partition coefficient (Wildman–Crippen LogP) is 2.91. The summed E-state index contributed by atoms with van der Waals surface area (Å²) >= 11 is 3.48. The number of rotatable bonds is 4. The zero-order chi connectivity index (χ0) is 16.9. The molecule has 126 valence electrons. The van der Waals surface area contributed by atoms with E-state index in [0.717, 1.165) is 33.6 Å². The molecule has 2 heterocycles. The molecule has 0 saturated heterocycles. The summed E-state index contributed by atoms with van der Waals surface area (Å²) in [5.41, 5.74) is 2.74. The second-order valence-electron chi connectivity index (χ2n) is 5.65. The Hall–Kier alpha value is -2.15. The molecule has 2 amide bonds. The first-order valence-corrected chi connectivity index (χ1v) is 8.66. The molecule has 7 heteroatoms. The highest BCUT2D eigenvalue weighted by molar-refractivity contribution is 9.10. The third-order valence-electron chi connectivity index (χ3n) is 3.80. The van der Waals surface area contributed by atoms with Crippen molar-refractivity contribution in [3.8, 4) is 5.75 Å². The van der Waals surface area contributed by atoms with Crippen LogP contribution < -0.4 is 15.4 Å².